The van der Waals surface area contributed by atoms with Crippen molar-refractivity contribution in [1.29, 1.82) is 0 Å². The Morgan fingerprint density at radius 1 is 1.09 bits per heavy atom. The second kappa shape index (κ2) is 12.8. The highest BCUT2D eigenvalue weighted by Crippen LogP contribution is 2.42. The van der Waals surface area contributed by atoms with E-state index < -0.39 is 33.1 Å². The maximum Gasteiger partial charge on any atom is 0.422 e. The fraction of sp³-hybridized carbons (Fsp3) is 0.333. The first-order chi connectivity index (χ1) is 20.8. The average molecular weight is 636 g/mol. The van der Waals surface area contributed by atoms with Crippen LogP contribution in [0.4, 0.5) is 26.1 Å². The number of carbonyl (C=O) groups is 1. The molecular weight excluding hydrogens is 604 g/mol. The molecule has 44 heavy (non-hydrogen) atoms. The minimum atomic E-state index is -4.63. The molecule has 14 nitrogen and oxygen atoms in total. The molecule has 0 spiro atoms. The van der Waals surface area contributed by atoms with E-state index in [0.717, 1.165) is 20.2 Å². The third kappa shape index (κ3) is 6.89. The van der Waals surface area contributed by atoms with Crippen molar-refractivity contribution in [3.8, 4) is 17.2 Å². The van der Waals surface area contributed by atoms with Crippen LogP contribution < -0.4 is 24.2 Å². The number of para-hydroxylation sites is 2. The molecule has 0 aliphatic rings. The zero-order chi connectivity index (χ0) is 32.2. The highest BCUT2D eigenvalue weighted by molar-refractivity contribution is 7.92. The Balaban J connectivity index is 1.77. The average Bonchev–Trinajstić information content (AvgIpc) is 3.50. The Labute approximate surface area is 251 Å². The highest BCUT2D eigenvalue weighted by Gasteiger charge is 2.44. The minimum Gasteiger partial charge on any atom is -0.497 e. The van der Waals surface area contributed by atoms with Crippen molar-refractivity contribution >= 4 is 44.3 Å². The summed E-state index contributed by atoms with van der Waals surface area (Å²) in [5.74, 6) is -1.13. The molecule has 4 rings (SSSR count). The topological polar surface area (TPSA) is 170 Å². The van der Waals surface area contributed by atoms with Crippen molar-refractivity contribution in [2.75, 3.05) is 45.0 Å². The number of fused-ring (bicyclic) bond motifs is 1. The number of amides is 1. The summed E-state index contributed by atoms with van der Waals surface area (Å²) in [6, 6.07) is 6.46. The maximum absolute atomic E-state index is 14.6. The molecular formula is C27H31F2N7O7S. The Hall–Kier alpha value is -4.77. The number of aliphatic hydroxyl groups is 1. The zero-order valence-corrected chi connectivity index (χ0v) is 25.2. The van der Waals surface area contributed by atoms with Crippen LogP contribution in [-0.2, 0) is 20.9 Å². The van der Waals surface area contributed by atoms with Gasteiger partial charge in [0.2, 0.25) is 0 Å². The van der Waals surface area contributed by atoms with Gasteiger partial charge in [0, 0.05) is 38.8 Å². The fourth-order valence-corrected chi connectivity index (χ4v) is 4.80. The number of methoxy groups -OCH3 is 2. The van der Waals surface area contributed by atoms with Crippen molar-refractivity contribution in [3.05, 3.63) is 48.7 Å². The molecule has 0 aliphatic heterocycles. The summed E-state index contributed by atoms with van der Waals surface area (Å²) in [6.07, 6.45) is 0.356. The number of halogens is 2. The van der Waals surface area contributed by atoms with Gasteiger partial charge < -0.3 is 29.5 Å². The summed E-state index contributed by atoms with van der Waals surface area (Å²) in [4.78, 5) is 21.5. The van der Waals surface area contributed by atoms with E-state index in [4.69, 9.17) is 14.2 Å². The van der Waals surface area contributed by atoms with Gasteiger partial charge in [-0.15, -0.1) is 0 Å². The van der Waals surface area contributed by atoms with E-state index in [9.17, 15) is 27.1 Å². The highest BCUT2D eigenvalue weighted by atomic mass is 32.2. The number of benzene rings is 2. The summed E-state index contributed by atoms with van der Waals surface area (Å²) in [5.41, 5.74) is 0.972. The fourth-order valence-electron chi connectivity index (χ4n) is 3.86. The lowest BCUT2D eigenvalue weighted by Gasteiger charge is -2.20. The standard InChI is InChI=1S/C27H31F2N7O7S/c1-16(37)11-13-43-23-20(14-17(41-4)15-21(23)42-5)32-24-25(31-19-9-7-6-8-18(19)30-24)34-44(39,40)22-10-12-36(33-22)27(28,29)26(38)35(2)3/h6-10,12,14-16,37H,11,13H2,1-5H3,(H,30,32)(H,31,34). The Bertz CT molecular complexity index is 1760. The summed E-state index contributed by atoms with van der Waals surface area (Å²) in [7, 11) is 0.494. The van der Waals surface area contributed by atoms with Crippen LogP contribution in [-0.4, -0.2) is 85.1 Å². The Morgan fingerprint density at radius 3 is 2.34 bits per heavy atom. The first-order valence-electron chi connectivity index (χ1n) is 13.1. The SMILES string of the molecule is COc1cc(Nc2nc3ccccc3nc2NS(=O)(=O)c2ccn(C(F)(F)C(=O)N(C)C)n2)c(OCCC(C)O)c(OC)c1. The van der Waals surface area contributed by atoms with Crippen molar-refractivity contribution < 1.29 is 41.3 Å². The van der Waals surface area contributed by atoms with Gasteiger partial charge in [-0.05, 0) is 25.1 Å². The maximum atomic E-state index is 14.6. The summed E-state index contributed by atoms with van der Waals surface area (Å²) >= 11 is 0. The van der Waals surface area contributed by atoms with Gasteiger partial charge >= 0.3 is 12.0 Å². The van der Waals surface area contributed by atoms with Crippen LogP contribution in [0.2, 0.25) is 0 Å². The number of anilines is 3. The van der Waals surface area contributed by atoms with Crippen molar-refractivity contribution in [1.82, 2.24) is 24.6 Å². The van der Waals surface area contributed by atoms with E-state index in [1.807, 2.05) is 0 Å². The number of carbonyl (C=O) groups excluding carboxylic acids is 1. The predicted molar refractivity (Wildman–Crippen MR) is 156 cm³/mol. The normalized spacial score (nSPS) is 12.5. The van der Waals surface area contributed by atoms with Crippen molar-refractivity contribution in [3.63, 3.8) is 0 Å². The molecule has 236 valence electrons. The molecule has 0 bridgehead atoms. The second-order valence-electron chi connectivity index (χ2n) is 9.67. The van der Waals surface area contributed by atoms with Gasteiger partial charge in [0.15, 0.2) is 28.2 Å². The monoisotopic (exact) mass is 635 g/mol. The number of nitrogens with one attached hydrogen (secondary N) is 2. The molecule has 1 atom stereocenters. The number of ether oxygens (including phenoxy) is 3. The van der Waals surface area contributed by atoms with Crippen LogP contribution in [0.5, 0.6) is 17.2 Å². The lowest BCUT2D eigenvalue weighted by Crippen LogP contribution is -2.42. The van der Waals surface area contributed by atoms with Gasteiger partial charge in [-0.2, -0.15) is 27.0 Å². The molecule has 0 saturated heterocycles. The van der Waals surface area contributed by atoms with E-state index in [0.29, 0.717) is 34.3 Å². The molecule has 17 heteroatoms. The smallest absolute Gasteiger partial charge is 0.422 e. The molecule has 0 radical (unpaired) electrons. The summed E-state index contributed by atoms with van der Waals surface area (Å²) in [6.45, 7) is 1.72. The largest absolute Gasteiger partial charge is 0.497 e. The number of aromatic nitrogens is 4. The summed E-state index contributed by atoms with van der Waals surface area (Å²) in [5, 5.41) is 15.4. The third-order valence-corrected chi connectivity index (χ3v) is 7.34. The van der Waals surface area contributed by atoms with Crippen LogP contribution in [0, 0.1) is 0 Å². The molecule has 3 N–H and O–H groups in total. The third-order valence-electron chi connectivity index (χ3n) is 6.11. The van der Waals surface area contributed by atoms with Gasteiger partial charge in [0.1, 0.15) is 5.75 Å². The van der Waals surface area contributed by atoms with Crippen LogP contribution in [0.25, 0.3) is 11.0 Å². The minimum absolute atomic E-state index is 0.0332. The number of likely N-dealkylation sites (N-methyl/N-ethyl adjacent to an activating group) is 1. The first-order valence-corrected chi connectivity index (χ1v) is 14.5. The molecule has 2 aromatic heterocycles. The number of alkyl halides is 2. The summed E-state index contributed by atoms with van der Waals surface area (Å²) < 4.78 is 74.9. The van der Waals surface area contributed by atoms with Crippen LogP contribution in [0.3, 0.4) is 0 Å². The van der Waals surface area contributed by atoms with Crippen molar-refractivity contribution in [2.45, 2.75) is 30.5 Å². The van der Waals surface area contributed by atoms with E-state index in [1.54, 1.807) is 43.3 Å². The molecule has 0 aliphatic carbocycles. The van der Waals surface area contributed by atoms with Gasteiger partial charge in [0.25, 0.3) is 10.0 Å². The molecule has 1 amide bonds. The number of rotatable bonds is 13. The molecule has 4 aromatic rings. The first kappa shape index (κ1) is 32.2. The molecule has 1 unspecified atom stereocenters. The Morgan fingerprint density at radius 2 is 1.75 bits per heavy atom. The number of sulfonamides is 1. The van der Waals surface area contributed by atoms with Gasteiger partial charge in [-0.25, -0.2) is 9.97 Å². The van der Waals surface area contributed by atoms with E-state index in [1.165, 1.54) is 14.2 Å². The van der Waals surface area contributed by atoms with Gasteiger partial charge in [-0.1, -0.05) is 12.1 Å². The lowest BCUT2D eigenvalue weighted by molar-refractivity contribution is -0.173. The van der Waals surface area contributed by atoms with Gasteiger partial charge in [0.05, 0.1) is 43.7 Å². The molecule has 0 fully saturated rings. The quantitative estimate of drug-likeness (QED) is 0.197. The van der Waals surface area contributed by atoms with Crippen LogP contribution in [0.15, 0.2) is 53.7 Å². The number of nitrogens with zero attached hydrogens (tertiary/aromatic N) is 5. The van der Waals surface area contributed by atoms with E-state index in [-0.39, 0.29) is 40.1 Å². The zero-order valence-electron chi connectivity index (χ0n) is 24.4. The van der Waals surface area contributed by atoms with Gasteiger partial charge in [-0.3, -0.25) is 9.52 Å². The van der Waals surface area contributed by atoms with Crippen LogP contribution >= 0.6 is 0 Å². The Kier molecular flexibility index (Phi) is 9.39. The lowest BCUT2D eigenvalue weighted by atomic mass is 10.2. The number of hydrogen-bond acceptors (Lipinski definition) is 11. The molecule has 2 heterocycles. The van der Waals surface area contributed by atoms with E-state index >= 15 is 0 Å². The number of aliphatic hydroxyl groups excluding tert-OH is 1. The molecule has 0 saturated carbocycles. The van der Waals surface area contributed by atoms with Crippen molar-refractivity contribution in [2.24, 2.45) is 0 Å². The predicted octanol–water partition coefficient (Wildman–Crippen LogP) is 3.18. The van der Waals surface area contributed by atoms with E-state index in [2.05, 4.69) is 25.1 Å². The molecule has 2 aromatic carbocycles. The van der Waals surface area contributed by atoms with Crippen LogP contribution in [0.1, 0.15) is 13.3 Å². The number of hydrogen-bond donors (Lipinski definition) is 3. The second-order valence-corrected chi connectivity index (χ2v) is 11.3.